The number of aromatic nitrogens is 3. The van der Waals surface area contributed by atoms with Crippen LogP contribution in [0, 0.1) is 0 Å². The van der Waals surface area contributed by atoms with Gasteiger partial charge in [0.05, 0.1) is 10.4 Å². The second kappa shape index (κ2) is 9.92. The molecule has 0 atom stereocenters. The van der Waals surface area contributed by atoms with E-state index in [1.165, 1.54) is 9.99 Å². The van der Waals surface area contributed by atoms with Gasteiger partial charge in [0.25, 0.3) is 0 Å². The maximum Gasteiger partial charge on any atom is 0.239 e. The number of rotatable bonds is 6. The van der Waals surface area contributed by atoms with Gasteiger partial charge in [0.1, 0.15) is 5.65 Å². The van der Waals surface area contributed by atoms with Gasteiger partial charge in [-0.25, -0.2) is 13.4 Å². The molecule has 0 radical (unpaired) electrons. The average molecular weight is 534 g/mol. The first-order valence-electron chi connectivity index (χ1n) is 12.8. The Balaban J connectivity index is 1.39. The lowest BCUT2D eigenvalue weighted by Crippen LogP contribution is -2.44. The van der Waals surface area contributed by atoms with Crippen molar-refractivity contribution in [2.45, 2.75) is 25.5 Å². The molecule has 4 aromatic rings. The minimum Gasteiger partial charge on any atom is -0.369 e. The van der Waals surface area contributed by atoms with E-state index in [-0.39, 0.29) is 0 Å². The van der Waals surface area contributed by atoms with Gasteiger partial charge in [0, 0.05) is 68.1 Å². The summed E-state index contributed by atoms with van der Waals surface area (Å²) in [6.45, 7) is 9.30. The number of sulfonamides is 1. The van der Waals surface area contributed by atoms with Crippen LogP contribution in [0.15, 0.2) is 67.0 Å². The molecule has 1 aliphatic heterocycles. The quantitative estimate of drug-likeness (QED) is 0.391. The van der Waals surface area contributed by atoms with Gasteiger partial charge in [-0.1, -0.05) is 6.07 Å². The SMILES string of the molecule is CN1CCN(c2ccc(Nc3ncc4ccn(-c5cccc(N(C)S(=O)(=O)C(C)(C)C)c5)c4n3)cc2)CC1. The molecule has 38 heavy (non-hydrogen) atoms. The van der Waals surface area contributed by atoms with Gasteiger partial charge in [-0.15, -0.1) is 0 Å². The molecule has 1 N–H and O–H groups in total. The molecular formula is C28H35N7O2S. The van der Waals surface area contributed by atoms with Crippen LogP contribution in [0.3, 0.4) is 0 Å². The van der Waals surface area contributed by atoms with Crippen molar-refractivity contribution in [3.8, 4) is 5.69 Å². The zero-order valence-electron chi connectivity index (χ0n) is 22.6. The first-order valence-corrected chi connectivity index (χ1v) is 14.2. The summed E-state index contributed by atoms with van der Waals surface area (Å²) in [7, 11) is 0.218. The number of anilines is 4. The Hall–Kier alpha value is -3.63. The highest BCUT2D eigenvalue weighted by molar-refractivity contribution is 7.94. The molecule has 0 aliphatic carbocycles. The van der Waals surface area contributed by atoms with E-state index >= 15 is 0 Å². The number of nitrogens with zero attached hydrogens (tertiary/aromatic N) is 6. The van der Waals surface area contributed by atoms with Crippen molar-refractivity contribution in [1.29, 1.82) is 0 Å². The molecule has 0 bridgehead atoms. The molecule has 0 amide bonds. The minimum absolute atomic E-state index is 0.494. The molecule has 200 valence electrons. The van der Waals surface area contributed by atoms with Crippen molar-refractivity contribution < 1.29 is 8.42 Å². The van der Waals surface area contributed by atoms with E-state index in [1.807, 2.05) is 35.0 Å². The standard InChI is InChI=1S/C28H35N7O2S/c1-28(2,3)38(36,37)33(5)24-7-6-8-25(19-24)35-14-13-21-20-29-27(31-26(21)35)30-22-9-11-23(12-10-22)34-17-15-32(4)16-18-34/h6-14,19-20H,15-18H2,1-5H3,(H,29,30,31). The highest BCUT2D eigenvalue weighted by atomic mass is 32.2. The second-order valence-corrected chi connectivity index (χ2v) is 13.4. The van der Waals surface area contributed by atoms with E-state index in [2.05, 4.69) is 51.4 Å². The Labute approximate surface area is 224 Å². The molecule has 0 saturated carbocycles. The maximum atomic E-state index is 13.0. The zero-order chi connectivity index (χ0) is 27.1. The molecule has 1 fully saturated rings. The number of hydrogen-bond acceptors (Lipinski definition) is 7. The molecule has 5 rings (SSSR count). The van der Waals surface area contributed by atoms with E-state index in [0.717, 1.165) is 48.6 Å². The number of piperazine rings is 1. The van der Waals surface area contributed by atoms with Crippen LogP contribution in [0.25, 0.3) is 16.7 Å². The van der Waals surface area contributed by atoms with Crippen molar-refractivity contribution in [2.75, 3.05) is 54.8 Å². The van der Waals surface area contributed by atoms with Gasteiger partial charge >= 0.3 is 0 Å². The largest absolute Gasteiger partial charge is 0.369 e. The molecule has 2 aromatic carbocycles. The Morgan fingerprint density at radius 2 is 1.66 bits per heavy atom. The first kappa shape index (κ1) is 26.0. The summed E-state index contributed by atoms with van der Waals surface area (Å²) >= 11 is 0. The van der Waals surface area contributed by atoms with Crippen LogP contribution in [-0.4, -0.2) is 72.9 Å². The van der Waals surface area contributed by atoms with E-state index < -0.39 is 14.8 Å². The molecule has 0 unspecified atom stereocenters. The van der Waals surface area contributed by atoms with Gasteiger partial charge < -0.3 is 19.7 Å². The normalized spacial score (nSPS) is 15.1. The van der Waals surface area contributed by atoms with Gasteiger partial charge in [-0.3, -0.25) is 4.31 Å². The van der Waals surface area contributed by atoms with Crippen LogP contribution in [0.4, 0.5) is 23.0 Å². The molecule has 3 heterocycles. The molecule has 10 heteroatoms. The number of hydrogen-bond donors (Lipinski definition) is 1. The predicted molar refractivity (Wildman–Crippen MR) is 155 cm³/mol. The van der Waals surface area contributed by atoms with Crippen LogP contribution in [0.1, 0.15) is 20.8 Å². The summed E-state index contributed by atoms with van der Waals surface area (Å²) in [5.74, 6) is 0.494. The maximum absolute atomic E-state index is 13.0. The Bertz CT molecular complexity index is 1530. The van der Waals surface area contributed by atoms with E-state index in [1.54, 1.807) is 40.1 Å². The summed E-state index contributed by atoms with van der Waals surface area (Å²) in [6, 6.07) is 17.8. The summed E-state index contributed by atoms with van der Waals surface area (Å²) < 4.78 is 28.4. The van der Waals surface area contributed by atoms with Crippen LogP contribution < -0.4 is 14.5 Å². The fourth-order valence-electron chi connectivity index (χ4n) is 4.52. The highest BCUT2D eigenvalue weighted by Gasteiger charge is 2.33. The smallest absolute Gasteiger partial charge is 0.239 e. The Morgan fingerprint density at radius 3 is 2.34 bits per heavy atom. The third-order valence-corrected chi connectivity index (χ3v) is 9.50. The highest BCUT2D eigenvalue weighted by Crippen LogP contribution is 2.28. The van der Waals surface area contributed by atoms with Crippen LogP contribution >= 0.6 is 0 Å². The fraction of sp³-hybridized carbons (Fsp3) is 0.357. The van der Waals surface area contributed by atoms with Crippen molar-refractivity contribution in [2.24, 2.45) is 0 Å². The lowest BCUT2D eigenvalue weighted by atomic mass is 10.2. The number of benzene rings is 2. The molecule has 9 nitrogen and oxygen atoms in total. The number of fused-ring (bicyclic) bond motifs is 1. The average Bonchev–Trinajstić information content (AvgIpc) is 3.32. The fourth-order valence-corrected chi connectivity index (χ4v) is 5.74. The molecular weight excluding hydrogens is 498 g/mol. The summed E-state index contributed by atoms with van der Waals surface area (Å²) in [4.78, 5) is 14.0. The third-order valence-electron chi connectivity index (χ3n) is 7.03. The van der Waals surface area contributed by atoms with Crippen molar-refractivity contribution >= 4 is 44.1 Å². The van der Waals surface area contributed by atoms with Crippen molar-refractivity contribution in [1.82, 2.24) is 19.4 Å². The van der Waals surface area contributed by atoms with Crippen LogP contribution in [-0.2, 0) is 10.0 Å². The third kappa shape index (κ3) is 5.06. The Morgan fingerprint density at radius 1 is 0.947 bits per heavy atom. The first-order chi connectivity index (χ1) is 18.0. The zero-order valence-corrected chi connectivity index (χ0v) is 23.4. The van der Waals surface area contributed by atoms with Crippen LogP contribution in [0.5, 0.6) is 0 Å². The number of nitrogens with one attached hydrogen (secondary N) is 1. The topological polar surface area (TPSA) is 86.6 Å². The summed E-state index contributed by atoms with van der Waals surface area (Å²) in [5, 5.41) is 4.21. The number of likely N-dealkylation sites (N-methyl/N-ethyl adjacent to an activating group) is 1. The summed E-state index contributed by atoms with van der Waals surface area (Å²) in [6.07, 6.45) is 3.71. The molecule has 2 aromatic heterocycles. The lowest BCUT2D eigenvalue weighted by Gasteiger charge is -2.34. The minimum atomic E-state index is -3.53. The molecule has 0 spiro atoms. The second-order valence-electron chi connectivity index (χ2n) is 10.7. The van der Waals surface area contributed by atoms with Gasteiger partial charge in [0.15, 0.2) is 0 Å². The van der Waals surface area contributed by atoms with E-state index in [9.17, 15) is 8.42 Å². The predicted octanol–water partition coefficient (Wildman–Crippen LogP) is 4.48. The van der Waals surface area contributed by atoms with Crippen molar-refractivity contribution in [3.05, 3.63) is 67.0 Å². The van der Waals surface area contributed by atoms with Crippen molar-refractivity contribution in [3.63, 3.8) is 0 Å². The molecule has 1 aliphatic rings. The van der Waals surface area contributed by atoms with Gasteiger partial charge in [-0.05, 0) is 76.3 Å². The van der Waals surface area contributed by atoms with E-state index in [4.69, 9.17) is 4.98 Å². The summed E-state index contributed by atoms with van der Waals surface area (Å²) in [5.41, 5.74) is 4.26. The Kier molecular flexibility index (Phi) is 6.79. The van der Waals surface area contributed by atoms with Gasteiger partial charge in [-0.2, -0.15) is 4.98 Å². The molecule has 1 saturated heterocycles. The van der Waals surface area contributed by atoms with Gasteiger partial charge in [0.2, 0.25) is 16.0 Å². The lowest BCUT2D eigenvalue weighted by molar-refractivity contribution is 0.313. The monoisotopic (exact) mass is 533 g/mol. The van der Waals surface area contributed by atoms with E-state index in [0.29, 0.717) is 11.6 Å². The van der Waals surface area contributed by atoms with Crippen LogP contribution in [0.2, 0.25) is 0 Å².